The van der Waals surface area contributed by atoms with Crippen molar-refractivity contribution in [1.29, 1.82) is 0 Å². The third kappa shape index (κ3) is 3.62. The van der Waals surface area contributed by atoms with E-state index in [1.807, 2.05) is 0 Å². The van der Waals surface area contributed by atoms with Gasteiger partial charge in [0.1, 0.15) is 11.6 Å². The molecule has 0 heterocycles. The Labute approximate surface area is 176 Å². The van der Waals surface area contributed by atoms with Crippen LogP contribution in [0.25, 0.3) is 21.9 Å². The second-order valence-corrected chi connectivity index (χ2v) is 9.15. The molecule has 0 bridgehead atoms. The molecule has 29 heavy (non-hydrogen) atoms. The topological polar surface area (TPSA) is 34.1 Å². The summed E-state index contributed by atoms with van der Waals surface area (Å²) in [5, 5.41) is 1.29. The van der Waals surface area contributed by atoms with Crippen molar-refractivity contribution in [2.45, 2.75) is 9.79 Å². The largest absolute Gasteiger partial charge is 0.218 e. The van der Waals surface area contributed by atoms with Crippen molar-refractivity contribution >= 4 is 43.8 Å². The summed E-state index contributed by atoms with van der Waals surface area (Å²) in [6.07, 6.45) is 0. The molecule has 0 aliphatic rings. The highest BCUT2D eigenvalue weighted by atomic mass is 35.5. The minimum absolute atomic E-state index is 0.0411. The molecule has 0 spiro atoms. The van der Waals surface area contributed by atoms with Gasteiger partial charge < -0.3 is 0 Å². The predicted octanol–water partition coefficient (Wildman–Crippen LogP) is 6.92. The molecule has 146 valence electrons. The van der Waals surface area contributed by atoms with Crippen molar-refractivity contribution in [2.75, 3.05) is 0 Å². The van der Waals surface area contributed by atoms with Crippen LogP contribution in [0.5, 0.6) is 0 Å². The molecule has 0 unspecified atom stereocenters. The fourth-order valence-corrected chi connectivity index (χ4v) is 5.07. The third-order valence-electron chi connectivity index (χ3n) is 4.57. The summed E-state index contributed by atoms with van der Waals surface area (Å²) in [4.78, 5) is -0.199. The Morgan fingerprint density at radius 1 is 0.759 bits per heavy atom. The van der Waals surface area contributed by atoms with Gasteiger partial charge in [0.2, 0.25) is 9.84 Å². The van der Waals surface area contributed by atoms with Crippen LogP contribution in [0.4, 0.5) is 8.78 Å². The molecule has 4 rings (SSSR count). The summed E-state index contributed by atoms with van der Waals surface area (Å²) in [5.41, 5.74) is 0.886. The molecule has 0 aliphatic heterocycles. The van der Waals surface area contributed by atoms with Crippen molar-refractivity contribution < 1.29 is 17.2 Å². The highest BCUT2D eigenvalue weighted by molar-refractivity contribution is 7.91. The monoisotopic (exact) mass is 448 g/mol. The average molecular weight is 449 g/mol. The van der Waals surface area contributed by atoms with E-state index < -0.39 is 21.5 Å². The molecule has 0 atom stereocenters. The molecule has 0 radical (unpaired) electrons. The summed E-state index contributed by atoms with van der Waals surface area (Å²) in [6, 6.07) is 17.0. The summed E-state index contributed by atoms with van der Waals surface area (Å²) in [6.45, 7) is 0. The molecule has 4 aromatic rings. The summed E-state index contributed by atoms with van der Waals surface area (Å²) in [7, 11) is -4.08. The van der Waals surface area contributed by atoms with Crippen LogP contribution < -0.4 is 0 Å². The lowest BCUT2D eigenvalue weighted by molar-refractivity contribution is 0.595. The average Bonchev–Trinajstić information content (AvgIpc) is 2.69. The normalized spacial score (nSPS) is 11.7. The third-order valence-corrected chi connectivity index (χ3v) is 6.90. The van der Waals surface area contributed by atoms with Crippen LogP contribution in [0.15, 0.2) is 82.6 Å². The van der Waals surface area contributed by atoms with Gasteiger partial charge in [-0.2, -0.15) is 0 Å². The zero-order valence-electron chi connectivity index (χ0n) is 14.7. The molecule has 0 aliphatic carbocycles. The van der Waals surface area contributed by atoms with Gasteiger partial charge >= 0.3 is 0 Å². The maximum atomic E-state index is 14.0. The van der Waals surface area contributed by atoms with Gasteiger partial charge in [-0.05, 0) is 64.9 Å². The molecule has 0 aromatic heterocycles. The van der Waals surface area contributed by atoms with E-state index in [4.69, 9.17) is 23.2 Å². The number of fused-ring (bicyclic) bond motifs is 1. The van der Waals surface area contributed by atoms with E-state index in [1.54, 1.807) is 36.4 Å². The first kappa shape index (κ1) is 19.8. The van der Waals surface area contributed by atoms with Crippen molar-refractivity contribution in [3.63, 3.8) is 0 Å². The van der Waals surface area contributed by atoms with Crippen molar-refractivity contribution in [2.24, 2.45) is 0 Å². The lowest BCUT2D eigenvalue weighted by Crippen LogP contribution is -2.05. The predicted molar refractivity (Wildman–Crippen MR) is 111 cm³/mol. The van der Waals surface area contributed by atoms with Crippen molar-refractivity contribution in [3.8, 4) is 11.1 Å². The van der Waals surface area contributed by atoms with Gasteiger partial charge in [-0.3, -0.25) is 0 Å². The fraction of sp³-hybridized carbons (Fsp3) is 0. The molecule has 0 saturated carbocycles. The Hall–Kier alpha value is -2.47. The SMILES string of the molecule is O=S(=O)(c1ccc(F)c(Cl)c1)c1ccc2ccc(F)cc2c1-c1ccc(Cl)cc1. The second-order valence-electron chi connectivity index (χ2n) is 6.39. The van der Waals surface area contributed by atoms with Gasteiger partial charge in [0.05, 0.1) is 14.8 Å². The molecule has 2 nitrogen and oxygen atoms in total. The fourth-order valence-electron chi connectivity index (χ4n) is 3.18. The first-order valence-corrected chi connectivity index (χ1v) is 10.7. The summed E-state index contributed by atoms with van der Waals surface area (Å²) >= 11 is 11.8. The number of rotatable bonds is 3. The van der Waals surface area contributed by atoms with Crippen LogP contribution in [0.1, 0.15) is 0 Å². The smallest absolute Gasteiger partial charge is 0.207 e. The van der Waals surface area contributed by atoms with E-state index in [9.17, 15) is 17.2 Å². The zero-order valence-corrected chi connectivity index (χ0v) is 17.0. The molecule has 4 aromatic carbocycles. The van der Waals surface area contributed by atoms with Gasteiger partial charge in [-0.15, -0.1) is 0 Å². The van der Waals surface area contributed by atoms with E-state index >= 15 is 0 Å². The second kappa shape index (κ2) is 7.41. The first-order valence-electron chi connectivity index (χ1n) is 8.46. The Balaban J connectivity index is 2.07. The van der Waals surface area contributed by atoms with E-state index in [1.165, 1.54) is 18.2 Å². The lowest BCUT2D eigenvalue weighted by atomic mass is 9.98. The Morgan fingerprint density at radius 2 is 1.45 bits per heavy atom. The Kier molecular flexibility index (Phi) is 5.07. The zero-order chi connectivity index (χ0) is 20.8. The van der Waals surface area contributed by atoms with E-state index in [0.717, 1.165) is 18.2 Å². The quantitative estimate of drug-likeness (QED) is 0.318. The Bertz CT molecular complexity index is 1350. The maximum absolute atomic E-state index is 14.0. The van der Waals surface area contributed by atoms with Crippen LogP contribution in [0.2, 0.25) is 10.0 Å². The van der Waals surface area contributed by atoms with Gasteiger partial charge in [0, 0.05) is 10.6 Å². The molecule has 0 fully saturated rings. The highest BCUT2D eigenvalue weighted by Crippen LogP contribution is 2.38. The Morgan fingerprint density at radius 3 is 2.14 bits per heavy atom. The molecular formula is C22H12Cl2F2O2S. The minimum atomic E-state index is -4.08. The van der Waals surface area contributed by atoms with E-state index in [0.29, 0.717) is 26.9 Å². The van der Waals surface area contributed by atoms with Gasteiger partial charge in [0.15, 0.2) is 0 Å². The van der Waals surface area contributed by atoms with Crippen LogP contribution >= 0.6 is 23.2 Å². The minimum Gasteiger partial charge on any atom is -0.218 e. The molecule has 0 amide bonds. The van der Waals surface area contributed by atoms with Crippen LogP contribution in [-0.2, 0) is 9.84 Å². The summed E-state index contributed by atoms with van der Waals surface area (Å²) < 4.78 is 54.3. The summed E-state index contributed by atoms with van der Waals surface area (Å²) in [5.74, 6) is -1.21. The van der Waals surface area contributed by atoms with Gasteiger partial charge in [-0.25, -0.2) is 17.2 Å². The standard InChI is InChI=1S/C22H12Cl2F2O2S/c23-15-5-1-14(2-6-15)22-18-11-16(25)7-3-13(18)4-10-21(22)29(27,28)17-8-9-20(26)19(24)12-17/h1-12H. The van der Waals surface area contributed by atoms with Crippen molar-refractivity contribution in [1.82, 2.24) is 0 Å². The molecule has 0 saturated heterocycles. The maximum Gasteiger partial charge on any atom is 0.207 e. The van der Waals surface area contributed by atoms with Crippen LogP contribution in [0.3, 0.4) is 0 Å². The van der Waals surface area contributed by atoms with E-state index in [2.05, 4.69) is 0 Å². The number of hydrogen-bond donors (Lipinski definition) is 0. The highest BCUT2D eigenvalue weighted by Gasteiger charge is 2.25. The van der Waals surface area contributed by atoms with Crippen LogP contribution in [-0.4, -0.2) is 8.42 Å². The molecule has 7 heteroatoms. The number of hydrogen-bond acceptors (Lipinski definition) is 2. The van der Waals surface area contributed by atoms with Crippen LogP contribution in [0, 0.1) is 11.6 Å². The van der Waals surface area contributed by atoms with Gasteiger partial charge in [0.25, 0.3) is 0 Å². The van der Waals surface area contributed by atoms with E-state index in [-0.39, 0.29) is 14.8 Å². The molecular weight excluding hydrogens is 437 g/mol. The molecule has 0 N–H and O–H groups in total. The van der Waals surface area contributed by atoms with Crippen molar-refractivity contribution in [3.05, 3.63) is 94.5 Å². The number of sulfone groups is 1. The number of benzene rings is 4. The lowest BCUT2D eigenvalue weighted by Gasteiger charge is -2.15. The number of halogens is 4. The van der Waals surface area contributed by atoms with Gasteiger partial charge in [-0.1, -0.05) is 47.5 Å². The first-order chi connectivity index (χ1) is 13.8.